The second kappa shape index (κ2) is 4.67. The molecule has 0 saturated carbocycles. The van der Waals surface area contributed by atoms with Crippen LogP contribution in [0.25, 0.3) is 10.3 Å². The maximum absolute atomic E-state index is 11.0. The van der Waals surface area contributed by atoms with Gasteiger partial charge in [0.2, 0.25) is 0 Å². The van der Waals surface area contributed by atoms with Crippen LogP contribution in [0.4, 0.5) is 0 Å². The Hall–Kier alpha value is -1.33. The Balaban J connectivity index is 2.22. The number of benzene rings is 1. The molecule has 1 atom stereocenters. The van der Waals surface area contributed by atoms with E-state index in [1.54, 1.807) is 18.2 Å². The molecule has 1 heterocycles. The summed E-state index contributed by atoms with van der Waals surface area (Å²) in [6.07, 6.45) is -0.300. The normalized spacial score (nSPS) is 12.9. The minimum Gasteiger partial charge on any atom is -0.465 e. The van der Waals surface area contributed by atoms with Gasteiger partial charge in [-0.1, -0.05) is 11.3 Å². The molecule has 0 bridgehead atoms. The van der Waals surface area contributed by atoms with Gasteiger partial charge in [-0.3, -0.25) is 0 Å². The van der Waals surface area contributed by atoms with Gasteiger partial charge in [0.1, 0.15) is 11.3 Å². The first-order chi connectivity index (χ1) is 7.69. The Bertz CT molecular complexity index is 528. The molecule has 5 heteroatoms. The molecule has 1 aromatic carbocycles. The van der Waals surface area contributed by atoms with Gasteiger partial charge in [-0.05, 0) is 26.0 Å². The number of hydrogen-bond donors (Lipinski definition) is 0. The molecule has 0 amide bonds. The van der Waals surface area contributed by atoms with Crippen molar-refractivity contribution in [3.05, 3.63) is 27.9 Å². The monoisotopic (exact) mass is 240 g/mol. The topological polar surface area (TPSA) is 48.7 Å². The van der Waals surface area contributed by atoms with Crippen molar-refractivity contribution in [2.45, 2.75) is 20.1 Å². The van der Waals surface area contributed by atoms with Crippen LogP contribution in [0.3, 0.4) is 0 Å². The Morgan fingerprint density at radius 1 is 1.50 bits per heavy atom. The Morgan fingerprint density at radius 2 is 2.31 bits per heavy atom. The van der Waals surface area contributed by atoms with E-state index in [-0.39, 0.29) is 11.2 Å². The third-order valence-corrected chi connectivity index (χ3v) is 2.79. The summed E-state index contributed by atoms with van der Waals surface area (Å²) in [6, 6.07) is 5.26. The summed E-state index contributed by atoms with van der Waals surface area (Å²) < 4.78 is 16.5. The van der Waals surface area contributed by atoms with Crippen LogP contribution in [-0.2, 0) is 4.74 Å². The standard InChI is InChI=1S/C11H12O4S/c1-3-13-7(2)14-8-4-5-9-10(6-8)16-11(12)15-9/h4-7H,3H2,1-2H3. The molecule has 4 nitrogen and oxygen atoms in total. The summed E-state index contributed by atoms with van der Waals surface area (Å²) >= 11 is 1.06. The zero-order chi connectivity index (χ0) is 11.5. The fraction of sp³-hybridized carbons (Fsp3) is 0.364. The predicted octanol–water partition coefficient (Wildman–Crippen LogP) is 2.62. The second-order valence-corrected chi connectivity index (χ2v) is 4.18. The third kappa shape index (κ3) is 2.43. The van der Waals surface area contributed by atoms with Crippen molar-refractivity contribution in [1.29, 1.82) is 0 Å². The van der Waals surface area contributed by atoms with Gasteiger partial charge in [0, 0.05) is 12.7 Å². The molecule has 0 fully saturated rings. The van der Waals surface area contributed by atoms with Crippen molar-refractivity contribution in [3.8, 4) is 5.75 Å². The average Bonchev–Trinajstić information content (AvgIpc) is 2.57. The lowest BCUT2D eigenvalue weighted by Crippen LogP contribution is -2.15. The van der Waals surface area contributed by atoms with E-state index in [1.807, 2.05) is 13.8 Å². The largest absolute Gasteiger partial charge is 0.465 e. The molecule has 86 valence electrons. The third-order valence-electron chi connectivity index (χ3n) is 2.01. The van der Waals surface area contributed by atoms with E-state index >= 15 is 0 Å². The summed E-state index contributed by atoms with van der Waals surface area (Å²) in [5.74, 6) is 0.672. The minimum atomic E-state index is -0.301. The van der Waals surface area contributed by atoms with Gasteiger partial charge in [-0.15, -0.1) is 0 Å². The Labute approximate surface area is 96.4 Å². The van der Waals surface area contributed by atoms with Crippen LogP contribution in [0, 0.1) is 0 Å². The maximum Gasteiger partial charge on any atom is 0.396 e. The van der Waals surface area contributed by atoms with E-state index in [4.69, 9.17) is 13.9 Å². The lowest BCUT2D eigenvalue weighted by molar-refractivity contribution is -0.0612. The molecule has 0 aliphatic heterocycles. The summed E-state index contributed by atoms with van der Waals surface area (Å²) in [4.78, 5) is 10.7. The fourth-order valence-corrected chi connectivity index (χ4v) is 2.08. The molecule has 2 rings (SSSR count). The highest BCUT2D eigenvalue weighted by Gasteiger charge is 2.06. The van der Waals surface area contributed by atoms with Crippen LogP contribution < -0.4 is 9.68 Å². The molecule has 0 aliphatic rings. The van der Waals surface area contributed by atoms with Crippen LogP contribution in [0.15, 0.2) is 27.4 Å². The number of hydrogen-bond acceptors (Lipinski definition) is 5. The second-order valence-electron chi connectivity index (χ2n) is 3.20. The molecule has 0 radical (unpaired) electrons. The van der Waals surface area contributed by atoms with Gasteiger partial charge in [0.25, 0.3) is 0 Å². The van der Waals surface area contributed by atoms with Crippen LogP contribution in [0.5, 0.6) is 5.75 Å². The maximum atomic E-state index is 11.0. The van der Waals surface area contributed by atoms with Gasteiger partial charge in [-0.2, -0.15) is 0 Å². The van der Waals surface area contributed by atoms with Crippen molar-refractivity contribution in [3.63, 3.8) is 0 Å². The zero-order valence-corrected chi connectivity index (χ0v) is 9.87. The number of fused-ring (bicyclic) bond motifs is 1. The Morgan fingerprint density at radius 3 is 3.06 bits per heavy atom. The number of rotatable bonds is 4. The first kappa shape index (κ1) is 11.2. The highest BCUT2D eigenvalue weighted by molar-refractivity contribution is 7.16. The molecular formula is C11H12O4S. The lowest BCUT2D eigenvalue weighted by Gasteiger charge is -2.13. The zero-order valence-electron chi connectivity index (χ0n) is 9.06. The summed E-state index contributed by atoms with van der Waals surface area (Å²) in [5.41, 5.74) is 0.589. The quantitative estimate of drug-likeness (QED) is 0.771. The molecule has 16 heavy (non-hydrogen) atoms. The van der Waals surface area contributed by atoms with Crippen molar-refractivity contribution < 1.29 is 13.9 Å². The molecule has 0 spiro atoms. The molecule has 1 aromatic heterocycles. The van der Waals surface area contributed by atoms with E-state index in [2.05, 4.69) is 0 Å². The average molecular weight is 240 g/mol. The van der Waals surface area contributed by atoms with E-state index < -0.39 is 0 Å². The summed E-state index contributed by atoms with van der Waals surface area (Å²) in [5, 5.41) is 0. The molecule has 1 unspecified atom stereocenters. The minimum absolute atomic E-state index is 0.300. The van der Waals surface area contributed by atoms with Gasteiger partial charge in [0.05, 0.1) is 4.70 Å². The van der Waals surface area contributed by atoms with Crippen LogP contribution in [-0.4, -0.2) is 12.9 Å². The Kier molecular flexibility index (Phi) is 3.26. The van der Waals surface area contributed by atoms with Gasteiger partial charge in [-0.25, -0.2) is 4.79 Å². The van der Waals surface area contributed by atoms with Crippen LogP contribution >= 0.6 is 11.3 Å². The van der Waals surface area contributed by atoms with E-state index in [0.29, 0.717) is 17.9 Å². The molecular weight excluding hydrogens is 228 g/mol. The first-order valence-electron chi connectivity index (χ1n) is 5.01. The van der Waals surface area contributed by atoms with Crippen LogP contribution in [0.1, 0.15) is 13.8 Å². The van der Waals surface area contributed by atoms with Crippen LogP contribution in [0.2, 0.25) is 0 Å². The van der Waals surface area contributed by atoms with Crippen molar-refractivity contribution >= 4 is 21.6 Å². The van der Waals surface area contributed by atoms with Crippen molar-refractivity contribution in [1.82, 2.24) is 0 Å². The van der Waals surface area contributed by atoms with Gasteiger partial charge in [0.15, 0.2) is 6.29 Å². The highest BCUT2D eigenvalue weighted by Crippen LogP contribution is 2.23. The summed E-state index contributed by atoms with van der Waals surface area (Å²) in [6.45, 7) is 4.33. The smallest absolute Gasteiger partial charge is 0.396 e. The predicted molar refractivity (Wildman–Crippen MR) is 62.1 cm³/mol. The highest BCUT2D eigenvalue weighted by atomic mass is 32.1. The fourth-order valence-electron chi connectivity index (χ4n) is 1.39. The van der Waals surface area contributed by atoms with E-state index in [1.165, 1.54) is 0 Å². The molecule has 2 aromatic rings. The number of ether oxygens (including phenoxy) is 2. The van der Waals surface area contributed by atoms with E-state index in [9.17, 15) is 4.79 Å². The first-order valence-corrected chi connectivity index (χ1v) is 5.82. The van der Waals surface area contributed by atoms with E-state index in [0.717, 1.165) is 16.0 Å². The molecule has 0 aliphatic carbocycles. The molecule has 0 N–H and O–H groups in total. The summed E-state index contributed by atoms with van der Waals surface area (Å²) in [7, 11) is 0. The molecule has 0 saturated heterocycles. The lowest BCUT2D eigenvalue weighted by atomic mass is 10.3. The van der Waals surface area contributed by atoms with Gasteiger partial charge < -0.3 is 13.9 Å². The SMILES string of the molecule is CCOC(C)Oc1ccc2oc(=O)sc2c1. The van der Waals surface area contributed by atoms with Crippen molar-refractivity contribution in [2.75, 3.05) is 6.61 Å². The van der Waals surface area contributed by atoms with Gasteiger partial charge >= 0.3 is 4.94 Å². The van der Waals surface area contributed by atoms with Crippen molar-refractivity contribution in [2.24, 2.45) is 0 Å².